The number of aliphatic hydroxyl groups is 1. The van der Waals surface area contributed by atoms with Crippen molar-refractivity contribution in [3.05, 3.63) is 0 Å². The molecule has 4 atom stereocenters. The van der Waals surface area contributed by atoms with Crippen molar-refractivity contribution in [1.82, 2.24) is 0 Å². The van der Waals surface area contributed by atoms with Crippen molar-refractivity contribution in [2.45, 2.75) is 50.0 Å². The lowest BCUT2D eigenvalue weighted by molar-refractivity contribution is -0.873. The minimum absolute atomic E-state index is 0.00353. The van der Waals surface area contributed by atoms with Crippen molar-refractivity contribution in [1.29, 1.82) is 0 Å². The quantitative estimate of drug-likeness (QED) is 0.270. The summed E-state index contributed by atoms with van der Waals surface area (Å²) in [7, 11) is 3.30. The molecule has 5 nitrogen and oxygen atoms in total. The number of quaternary nitrogens is 1. The molecular formula is C15H33NO4PS2+. The first-order chi connectivity index (χ1) is 10.3. The molecule has 0 spiro atoms. The number of hydrogen-bond donors (Lipinski definition) is 3. The highest BCUT2D eigenvalue weighted by Crippen LogP contribution is 2.61. The van der Waals surface area contributed by atoms with Crippen molar-refractivity contribution in [3.8, 4) is 0 Å². The van der Waals surface area contributed by atoms with Gasteiger partial charge in [0.2, 0.25) is 0 Å². The van der Waals surface area contributed by atoms with Crippen LogP contribution in [0.25, 0.3) is 0 Å². The third kappa shape index (κ3) is 6.53. The Hall–Kier alpha value is 0.770. The Kier molecular flexibility index (Phi) is 7.57. The van der Waals surface area contributed by atoms with Crippen LogP contribution in [0.15, 0.2) is 0 Å². The van der Waals surface area contributed by atoms with Crippen molar-refractivity contribution in [3.63, 3.8) is 0 Å². The minimum Gasteiger partial charge on any atom is -0.364 e. The summed E-state index contributed by atoms with van der Waals surface area (Å²) in [6, 6.07) is 0. The van der Waals surface area contributed by atoms with Crippen LogP contribution in [0, 0.1) is 17.8 Å². The second-order valence-electron chi connectivity index (χ2n) is 8.28. The maximum atomic E-state index is 11.9. The van der Waals surface area contributed by atoms with Crippen LogP contribution < -0.4 is 0 Å². The first kappa shape index (κ1) is 21.8. The van der Waals surface area contributed by atoms with Crippen LogP contribution >= 0.6 is 29.2 Å². The summed E-state index contributed by atoms with van der Waals surface area (Å²) < 4.78 is 10.1. The number of likely N-dealkylation sites (N-methyl/N-ethyl adjacent to an activating group) is 1. The molecule has 0 aromatic rings. The number of rotatable bonds is 7. The lowest BCUT2D eigenvalue weighted by Crippen LogP contribution is -2.47. The zero-order valence-corrected chi connectivity index (χ0v) is 17.6. The van der Waals surface area contributed by atoms with Gasteiger partial charge < -0.3 is 19.4 Å². The molecule has 0 aromatic carbocycles. The second-order valence-corrected chi connectivity index (χ2v) is 13.1. The van der Waals surface area contributed by atoms with Gasteiger partial charge in [0.15, 0.2) is 0 Å². The topological polar surface area (TPSA) is 77.8 Å². The number of nitrogens with zero attached hydrogens (tertiary/aromatic N) is 1. The average Bonchev–Trinajstić information content (AvgIpc) is 2.32. The summed E-state index contributed by atoms with van der Waals surface area (Å²) in [5.74, 6) is 1.71. The van der Waals surface area contributed by atoms with Crippen LogP contribution in [-0.4, -0.2) is 57.0 Å². The normalized spacial score (nSPS) is 29.6. The van der Waals surface area contributed by atoms with Gasteiger partial charge in [-0.05, 0) is 41.4 Å². The molecule has 0 radical (unpaired) electrons. The first-order valence-electron chi connectivity index (χ1n) is 8.18. The Morgan fingerprint density at radius 2 is 1.83 bits per heavy atom. The summed E-state index contributed by atoms with van der Waals surface area (Å²) in [5.41, 5.74) is 0. The van der Waals surface area contributed by atoms with E-state index in [1.807, 2.05) is 21.1 Å². The molecule has 0 aromatic heterocycles. The molecular weight excluding hydrogens is 353 g/mol. The SMILES string of the molecule is CC1CCC(C(C)C)C(SSC(O)(C[N+](C)(C)C)P(=O)(O)O)C1. The van der Waals surface area contributed by atoms with E-state index in [2.05, 4.69) is 20.8 Å². The predicted octanol–water partition coefficient (Wildman–Crippen LogP) is 3.36. The fourth-order valence-corrected chi connectivity index (χ4v) is 8.78. The van der Waals surface area contributed by atoms with E-state index in [-0.39, 0.29) is 6.54 Å². The summed E-state index contributed by atoms with van der Waals surface area (Å²) >= 11 is 0. The highest BCUT2D eigenvalue weighted by atomic mass is 33.1. The van der Waals surface area contributed by atoms with E-state index < -0.39 is 12.3 Å². The Bertz CT molecular complexity index is 438. The third-order valence-electron chi connectivity index (χ3n) is 4.40. The van der Waals surface area contributed by atoms with Crippen LogP contribution in [0.5, 0.6) is 0 Å². The van der Waals surface area contributed by atoms with Gasteiger partial charge in [-0.1, -0.05) is 38.0 Å². The molecule has 0 aliphatic heterocycles. The molecule has 0 saturated heterocycles. The second kappa shape index (κ2) is 7.98. The van der Waals surface area contributed by atoms with Gasteiger partial charge >= 0.3 is 7.60 Å². The summed E-state index contributed by atoms with van der Waals surface area (Å²) in [5, 5.41) is 11.0. The summed E-state index contributed by atoms with van der Waals surface area (Å²) in [6.07, 6.45) is 3.41. The molecule has 3 N–H and O–H groups in total. The molecule has 1 aliphatic rings. The van der Waals surface area contributed by atoms with Gasteiger partial charge in [-0.2, -0.15) is 0 Å². The Labute approximate surface area is 148 Å². The largest absolute Gasteiger partial charge is 0.374 e. The first-order valence-corrected chi connectivity index (χ1v) is 12.0. The molecule has 138 valence electrons. The fraction of sp³-hybridized carbons (Fsp3) is 1.00. The molecule has 1 saturated carbocycles. The maximum absolute atomic E-state index is 11.9. The van der Waals surface area contributed by atoms with Gasteiger partial charge in [-0.15, -0.1) is 0 Å². The fourth-order valence-electron chi connectivity index (χ4n) is 3.15. The molecule has 0 bridgehead atoms. The van der Waals surface area contributed by atoms with Gasteiger partial charge in [-0.25, -0.2) is 0 Å². The lowest BCUT2D eigenvalue weighted by atomic mass is 9.77. The van der Waals surface area contributed by atoms with Crippen LogP contribution in [0.4, 0.5) is 0 Å². The van der Waals surface area contributed by atoms with Gasteiger partial charge in [0.05, 0.1) is 21.1 Å². The smallest absolute Gasteiger partial charge is 0.364 e. The van der Waals surface area contributed by atoms with Gasteiger partial charge in [0.1, 0.15) is 6.54 Å². The predicted molar refractivity (Wildman–Crippen MR) is 100 cm³/mol. The standard InChI is InChI=1S/C15H32NO4PS2/c1-11(2)13-8-7-12(3)9-14(13)22-23-15(17,21(18,19)20)10-16(4,5)6/h11-14,17H,7-10H2,1-6H3,(H-,18,19,20)/p+1. The monoisotopic (exact) mass is 386 g/mol. The zero-order chi connectivity index (χ0) is 18.1. The molecule has 0 amide bonds. The maximum Gasteiger partial charge on any atom is 0.374 e. The van der Waals surface area contributed by atoms with E-state index in [0.717, 1.165) is 23.6 Å². The Balaban J connectivity index is 2.86. The molecule has 23 heavy (non-hydrogen) atoms. The van der Waals surface area contributed by atoms with E-state index in [1.54, 1.807) is 0 Å². The minimum atomic E-state index is -4.63. The summed E-state index contributed by atoms with van der Waals surface area (Å²) in [6.45, 7) is 6.65. The van der Waals surface area contributed by atoms with Crippen LogP contribution in [0.1, 0.15) is 40.0 Å². The highest BCUT2D eigenvalue weighted by Gasteiger charge is 2.51. The molecule has 8 heteroatoms. The van der Waals surface area contributed by atoms with E-state index >= 15 is 0 Å². The lowest BCUT2D eigenvalue weighted by Gasteiger charge is -2.39. The van der Waals surface area contributed by atoms with Gasteiger partial charge in [0.25, 0.3) is 4.67 Å². The molecule has 0 heterocycles. The third-order valence-corrected chi connectivity index (χ3v) is 9.95. The van der Waals surface area contributed by atoms with Crippen LogP contribution in [-0.2, 0) is 4.57 Å². The molecule has 4 unspecified atom stereocenters. The average molecular weight is 387 g/mol. The van der Waals surface area contributed by atoms with E-state index in [9.17, 15) is 19.5 Å². The summed E-state index contributed by atoms with van der Waals surface area (Å²) in [4.78, 5) is 19.3. The highest BCUT2D eigenvalue weighted by molar-refractivity contribution is 8.78. The number of hydrogen-bond acceptors (Lipinski definition) is 4. The molecule has 1 rings (SSSR count). The van der Waals surface area contributed by atoms with E-state index in [1.165, 1.54) is 17.2 Å². The Morgan fingerprint density at radius 1 is 1.26 bits per heavy atom. The molecule has 1 fully saturated rings. The van der Waals surface area contributed by atoms with Gasteiger partial charge in [0, 0.05) is 5.25 Å². The van der Waals surface area contributed by atoms with Crippen molar-refractivity contribution in [2.24, 2.45) is 17.8 Å². The van der Waals surface area contributed by atoms with Crippen molar-refractivity contribution >= 4 is 29.2 Å². The van der Waals surface area contributed by atoms with E-state index in [0.29, 0.717) is 27.5 Å². The Morgan fingerprint density at radius 3 is 2.26 bits per heavy atom. The van der Waals surface area contributed by atoms with Gasteiger partial charge in [-0.3, -0.25) is 4.57 Å². The van der Waals surface area contributed by atoms with Crippen molar-refractivity contribution in [2.75, 3.05) is 27.7 Å². The zero-order valence-electron chi connectivity index (χ0n) is 15.1. The van der Waals surface area contributed by atoms with Crippen molar-refractivity contribution < 1.29 is 23.9 Å². The van der Waals surface area contributed by atoms with Crippen LogP contribution in [0.2, 0.25) is 0 Å². The van der Waals surface area contributed by atoms with Crippen LogP contribution in [0.3, 0.4) is 0 Å². The molecule has 1 aliphatic carbocycles. The van der Waals surface area contributed by atoms with E-state index in [4.69, 9.17) is 0 Å².